The fraction of sp³-hybridized carbons (Fsp3) is 0.174. The van der Waals surface area contributed by atoms with Gasteiger partial charge in [0.2, 0.25) is 0 Å². The number of fused-ring (bicyclic) bond motifs is 1. The Morgan fingerprint density at radius 1 is 1.04 bits per heavy atom. The van der Waals surface area contributed by atoms with Crippen LogP contribution in [0.3, 0.4) is 0 Å². The van der Waals surface area contributed by atoms with Gasteiger partial charge in [-0.3, -0.25) is 0 Å². The second kappa shape index (κ2) is 7.74. The first-order valence-electron chi connectivity index (χ1n) is 9.36. The molecule has 2 heterocycles. The van der Waals surface area contributed by atoms with E-state index in [0.29, 0.717) is 18.5 Å². The van der Waals surface area contributed by atoms with Gasteiger partial charge in [0.05, 0.1) is 6.26 Å². The van der Waals surface area contributed by atoms with E-state index < -0.39 is 5.63 Å². The Hall–Kier alpha value is -3.31. The van der Waals surface area contributed by atoms with E-state index in [0.717, 1.165) is 27.8 Å². The maximum Gasteiger partial charge on any atom is 0.336 e. The van der Waals surface area contributed by atoms with Crippen LogP contribution in [-0.4, -0.2) is 5.11 Å². The van der Waals surface area contributed by atoms with Crippen LogP contribution >= 0.6 is 0 Å². The van der Waals surface area contributed by atoms with E-state index in [2.05, 4.69) is 17.4 Å². The molecule has 0 aliphatic heterocycles. The van der Waals surface area contributed by atoms with Crippen LogP contribution in [0.1, 0.15) is 35.4 Å². The van der Waals surface area contributed by atoms with Crippen LogP contribution in [0.4, 0.5) is 0 Å². The molecule has 142 valence electrons. The fourth-order valence-electron chi connectivity index (χ4n) is 3.55. The van der Waals surface area contributed by atoms with Crippen molar-refractivity contribution in [2.45, 2.75) is 25.9 Å². The van der Waals surface area contributed by atoms with E-state index in [1.165, 1.54) is 12.1 Å². The molecule has 4 aromatic rings. The summed E-state index contributed by atoms with van der Waals surface area (Å²) in [6.45, 7) is 2.55. The van der Waals surface area contributed by atoms with Gasteiger partial charge in [-0.25, -0.2) is 4.79 Å². The van der Waals surface area contributed by atoms with Gasteiger partial charge < -0.3 is 19.3 Å². The number of aryl methyl sites for hydroxylation is 1. The maximum atomic E-state index is 12.0. The lowest BCUT2D eigenvalue weighted by Gasteiger charge is -2.15. The summed E-state index contributed by atoms with van der Waals surface area (Å²) in [6.07, 6.45) is 2.37. The van der Waals surface area contributed by atoms with Crippen molar-refractivity contribution in [3.05, 3.63) is 99.8 Å². The number of quaternary nitrogens is 1. The molecule has 0 amide bonds. The molecular formula is C23H22NO4+. The van der Waals surface area contributed by atoms with Crippen molar-refractivity contribution in [3.63, 3.8) is 0 Å². The standard InChI is InChI=1S/C23H21NO4/c1-2-15-11-18-17(12-22(26)28-21(18)13-19(15)25)14-24-23(20-9-6-10-27-20)16-7-4-3-5-8-16/h3-13,23-25H,2,14H2,1H3/p+1/t23-/m0/s1. The van der Waals surface area contributed by atoms with Gasteiger partial charge in [0.1, 0.15) is 17.9 Å². The van der Waals surface area contributed by atoms with Crippen molar-refractivity contribution in [2.24, 2.45) is 0 Å². The van der Waals surface area contributed by atoms with Gasteiger partial charge in [-0.1, -0.05) is 37.3 Å². The first kappa shape index (κ1) is 18.1. The molecule has 5 nitrogen and oxygen atoms in total. The highest BCUT2D eigenvalue weighted by atomic mass is 16.4. The summed E-state index contributed by atoms with van der Waals surface area (Å²) < 4.78 is 11.0. The van der Waals surface area contributed by atoms with Crippen molar-refractivity contribution in [1.82, 2.24) is 0 Å². The summed E-state index contributed by atoms with van der Waals surface area (Å²) in [4.78, 5) is 12.0. The zero-order valence-corrected chi connectivity index (χ0v) is 15.6. The summed E-state index contributed by atoms with van der Waals surface area (Å²) in [5.74, 6) is 1.00. The van der Waals surface area contributed by atoms with E-state index in [1.54, 1.807) is 6.26 Å². The Labute approximate surface area is 162 Å². The summed E-state index contributed by atoms with van der Waals surface area (Å²) in [5.41, 5.74) is 2.80. The Bertz CT molecular complexity index is 1130. The summed E-state index contributed by atoms with van der Waals surface area (Å²) in [6, 6.07) is 18.9. The number of aromatic hydroxyl groups is 1. The molecule has 0 unspecified atom stereocenters. The molecule has 1 atom stereocenters. The SMILES string of the molecule is CCc1cc2c(C[NH2+][C@@H](c3ccccc3)c3ccco3)cc(=O)oc2cc1O. The summed E-state index contributed by atoms with van der Waals surface area (Å²) in [5, 5.41) is 13.1. The van der Waals surface area contributed by atoms with Crippen LogP contribution < -0.4 is 10.9 Å². The van der Waals surface area contributed by atoms with E-state index in [1.807, 2.05) is 43.3 Å². The number of nitrogens with two attached hydrogens (primary N) is 1. The first-order valence-corrected chi connectivity index (χ1v) is 9.36. The van der Waals surface area contributed by atoms with E-state index >= 15 is 0 Å². The highest BCUT2D eigenvalue weighted by Crippen LogP contribution is 2.27. The number of hydrogen-bond acceptors (Lipinski definition) is 4. The van der Waals surface area contributed by atoms with Gasteiger partial charge in [-0.15, -0.1) is 0 Å². The van der Waals surface area contributed by atoms with E-state index in [9.17, 15) is 9.90 Å². The summed E-state index contributed by atoms with van der Waals surface area (Å²) in [7, 11) is 0. The Morgan fingerprint density at radius 2 is 1.86 bits per heavy atom. The van der Waals surface area contributed by atoms with E-state index in [-0.39, 0.29) is 11.8 Å². The second-order valence-electron chi connectivity index (χ2n) is 6.76. The molecule has 3 N–H and O–H groups in total. The molecule has 2 aromatic heterocycles. The number of phenols is 1. The molecule has 0 aliphatic carbocycles. The van der Waals surface area contributed by atoms with Crippen LogP contribution in [0.15, 0.2) is 80.6 Å². The van der Waals surface area contributed by atoms with Crippen LogP contribution in [0.25, 0.3) is 11.0 Å². The molecule has 0 saturated carbocycles. The lowest BCUT2D eigenvalue weighted by Crippen LogP contribution is -2.83. The highest BCUT2D eigenvalue weighted by molar-refractivity contribution is 5.82. The second-order valence-corrected chi connectivity index (χ2v) is 6.76. The molecule has 5 heteroatoms. The predicted octanol–water partition coefficient (Wildman–Crippen LogP) is 3.51. The minimum atomic E-state index is -0.422. The first-order chi connectivity index (χ1) is 13.7. The average molecular weight is 376 g/mol. The predicted molar refractivity (Wildman–Crippen MR) is 106 cm³/mol. The maximum absolute atomic E-state index is 12.0. The minimum absolute atomic E-state index is 0.0266. The monoisotopic (exact) mass is 376 g/mol. The molecule has 0 radical (unpaired) electrons. The van der Waals surface area contributed by atoms with Gasteiger partial charge in [-0.2, -0.15) is 0 Å². The topological polar surface area (TPSA) is 80.2 Å². The minimum Gasteiger partial charge on any atom is -0.508 e. The third-order valence-electron chi connectivity index (χ3n) is 4.99. The molecule has 4 rings (SSSR count). The van der Waals surface area contributed by atoms with Gasteiger partial charge in [0.15, 0.2) is 11.8 Å². The molecular weight excluding hydrogens is 354 g/mol. The van der Waals surface area contributed by atoms with E-state index in [4.69, 9.17) is 8.83 Å². The number of hydrogen-bond donors (Lipinski definition) is 2. The van der Waals surface area contributed by atoms with Crippen molar-refractivity contribution in [3.8, 4) is 5.75 Å². The van der Waals surface area contributed by atoms with Gasteiger partial charge in [0, 0.05) is 28.6 Å². The largest absolute Gasteiger partial charge is 0.508 e. The zero-order valence-electron chi connectivity index (χ0n) is 15.6. The van der Waals surface area contributed by atoms with Crippen molar-refractivity contribution in [1.29, 1.82) is 0 Å². The fourth-order valence-corrected chi connectivity index (χ4v) is 3.55. The number of rotatable bonds is 6. The molecule has 0 saturated heterocycles. The highest BCUT2D eigenvalue weighted by Gasteiger charge is 2.21. The smallest absolute Gasteiger partial charge is 0.336 e. The number of furan rings is 1. The van der Waals surface area contributed by atoms with Crippen LogP contribution in [0.2, 0.25) is 0 Å². The van der Waals surface area contributed by atoms with Crippen molar-refractivity contribution < 1.29 is 19.3 Å². The molecule has 0 spiro atoms. The molecule has 28 heavy (non-hydrogen) atoms. The normalized spacial score (nSPS) is 12.3. The van der Waals surface area contributed by atoms with Crippen LogP contribution in [-0.2, 0) is 13.0 Å². The van der Waals surface area contributed by atoms with Crippen LogP contribution in [0, 0.1) is 0 Å². The third kappa shape index (κ3) is 3.57. The van der Waals surface area contributed by atoms with Gasteiger partial charge in [0.25, 0.3) is 0 Å². The van der Waals surface area contributed by atoms with Crippen molar-refractivity contribution in [2.75, 3.05) is 0 Å². The lowest BCUT2D eigenvalue weighted by molar-refractivity contribution is -0.704. The van der Waals surface area contributed by atoms with Gasteiger partial charge in [-0.05, 0) is 30.2 Å². The summed E-state index contributed by atoms with van der Waals surface area (Å²) >= 11 is 0. The van der Waals surface area contributed by atoms with Gasteiger partial charge >= 0.3 is 5.63 Å². The number of benzene rings is 2. The molecule has 0 fully saturated rings. The zero-order chi connectivity index (χ0) is 19.5. The van der Waals surface area contributed by atoms with Crippen LogP contribution in [0.5, 0.6) is 5.75 Å². The lowest BCUT2D eigenvalue weighted by atomic mass is 10.0. The molecule has 0 bridgehead atoms. The average Bonchev–Trinajstić information content (AvgIpc) is 3.23. The number of phenolic OH excluding ortho intramolecular Hbond substituents is 1. The Balaban J connectivity index is 1.71. The Morgan fingerprint density at radius 3 is 2.57 bits per heavy atom. The van der Waals surface area contributed by atoms with Crippen molar-refractivity contribution >= 4 is 11.0 Å². The quantitative estimate of drug-likeness (QED) is 0.505. The third-order valence-corrected chi connectivity index (χ3v) is 4.99. The Kier molecular flexibility index (Phi) is 5.00. The molecule has 2 aromatic carbocycles. The molecule has 0 aliphatic rings.